The standard InChI is InChI=1S/C54H35N3/c1-3-12-36(13-4-1)39-14-9-16-42(32-39)50-29-26-37-23-24-38-27-30-51(57-53(38)52(37)56-50)43-17-10-15-40(33-43)41-25-28-49-47(34-41)46-21-7-8-22-48(46)54(49,44-18-5-2-6-19-44)45-20-11-31-55-35-45/h1-35H. The third kappa shape index (κ3) is 5.39. The third-order valence-electron chi connectivity index (χ3n) is 11.6. The van der Waals surface area contributed by atoms with E-state index in [9.17, 15) is 0 Å². The van der Waals surface area contributed by atoms with Crippen LogP contribution in [0.2, 0.25) is 0 Å². The molecule has 0 aliphatic heterocycles. The zero-order valence-corrected chi connectivity index (χ0v) is 31.0. The second kappa shape index (κ2) is 13.4. The molecule has 1 atom stereocenters. The lowest BCUT2D eigenvalue weighted by molar-refractivity contribution is 0.763. The Labute approximate surface area is 331 Å². The Morgan fingerprint density at radius 3 is 1.53 bits per heavy atom. The number of nitrogens with zero attached hydrogens (tertiary/aromatic N) is 3. The molecule has 3 heteroatoms. The van der Waals surface area contributed by atoms with Gasteiger partial charge in [-0.05, 0) is 92.0 Å². The molecule has 0 radical (unpaired) electrons. The first-order valence-electron chi connectivity index (χ1n) is 19.4. The molecule has 11 rings (SSSR count). The van der Waals surface area contributed by atoms with E-state index in [1.54, 1.807) is 0 Å². The van der Waals surface area contributed by atoms with Crippen LogP contribution in [0.3, 0.4) is 0 Å². The molecule has 0 bridgehead atoms. The molecule has 0 amide bonds. The van der Waals surface area contributed by atoms with E-state index in [1.165, 1.54) is 38.9 Å². The molecule has 7 aromatic carbocycles. The largest absolute Gasteiger partial charge is 0.264 e. The van der Waals surface area contributed by atoms with Crippen molar-refractivity contribution >= 4 is 21.8 Å². The molecule has 0 saturated heterocycles. The van der Waals surface area contributed by atoms with Crippen LogP contribution in [0.5, 0.6) is 0 Å². The van der Waals surface area contributed by atoms with Gasteiger partial charge in [0.2, 0.25) is 0 Å². The van der Waals surface area contributed by atoms with Crippen molar-refractivity contribution < 1.29 is 0 Å². The van der Waals surface area contributed by atoms with E-state index in [1.807, 2.05) is 24.5 Å². The number of aromatic nitrogens is 3. The SMILES string of the molecule is c1ccc(-c2cccc(-c3ccc4ccc5ccc(-c6cccc(-c7ccc8c(c7)-c7ccccc7C8(c7ccccc7)c7cccnc7)c6)nc5c4n3)c2)cc1. The average Bonchev–Trinajstić information content (AvgIpc) is 3.60. The molecule has 3 nitrogen and oxygen atoms in total. The van der Waals surface area contributed by atoms with Gasteiger partial charge in [-0.1, -0.05) is 164 Å². The van der Waals surface area contributed by atoms with Crippen LogP contribution in [-0.2, 0) is 5.41 Å². The number of rotatable bonds is 6. The van der Waals surface area contributed by atoms with Crippen molar-refractivity contribution in [1.29, 1.82) is 0 Å². The second-order valence-electron chi connectivity index (χ2n) is 14.8. The summed E-state index contributed by atoms with van der Waals surface area (Å²) >= 11 is 0. The molecule has 3 heterocycles. The summed E-state index contributed by atoms with van der Waals surface area (Å²) in [6.45, 7) is 0. The molecule has 266 valence electrons. The number of hydrogen-bond acceptors (Lipinski definition) is 3. The highest BCUT2D eigenvalue weighted by atomic mass is 14.8. The van der Waals surface area contributed by atoms with Gasteiger partial charge in [-0.15, -0.1) is 0 Å². The minimum atomic E-state index is -0.474. The quantitative estimate of drug-likeness (QED) is 0.160. The Bertz CT molecular complexity index is 3080. The van der Waals surface area contributed by atoms with Crippen molar-refractivity contribution in [3.8, 4) is 55.9 Å². The number of benzene rings is 7. The Balaban J connectivity index is 1.01. The van der Waals surface area contributed by atoms with Crippen LogP contribution in [0.4, 0.5) is 0 Å². The first-order valence-corrected chi connectivity index (χ1v) is 19.4. The predicted octanol–water partition coefficient (Wildman–Crippen LogP) is 13.2. The fourth-order valence-electron chi connectivity index (χ4n) is 8.96. The number of fused-ring (bicyclic) bond motifs is 6. The van der Waals surface area contributed by atoms with Gasteiger partial charge in [-0.3, -0.25) is 4.98 Å². The molecule has 57 heavy (non-hydrogen) atoms. The number of hydrogen-bond donors (Lipinski definition) is 0. The minimum Gasteiger partial charge on any atom is -0.264 e. The van der Waals surface area contributed by atoms with Crippen molar-refractivity contribution in [2.75, 3.05) is 0 Å². The minimum absolute atomic E-state index is 0.474. The Hall–Kier alpha value is -7.49. The molecular formula is C54H35N3. The van der Waals surface area contributed by atoms with Gasteiger partial charge in [0, 0.05) is 34.3 Å². The lowest BCUT2D eigenvalue weighted by atomic mass is 9.68. The predicted molar refractivity (Wildman–Crippen MR) is 234 cm³/mol. The van der Waals surface area contributed by atoms with Crippen molar-refractivity contribution in [1.82, 2.24) is 15.0 Å². The van der Waals surface area contributed by atoms with Gasteiger partial charge in [-0.2, -0.15) is 0 Å². The van der Waals surface area contributed by atoms with Gasteiger partial charge in [0.25, 0.3) is 0 Å². The molecule has 1 aliphatic carbocycles. The lowest BCUT2D eigenvalue weighted by Gasteiger charge is -2.33. The number of pyridine rings is 3. The normalized spacial score (nSPS) is 14.4. The van der Waals surface area contributed by atoms with Crippen LogP contribution in [-0.4, -0.2) is 15.0 Å². The molecule has 0 N–H and O–H groups in total. The van der Waals surface area contributed by atoms with E-state index < -0.39 is 5.41 Å². The smallest absolute Gasteiger partial charge is 0.0972 e. The van der Waals surface area contributed by atoms with Crippen LogP contribution in [0.25, 0.3) is 77.7 Å². The van der Waals surface area contributed by atoms with Gasteiger partial charge < -0.3 is 0 Å². The third-order valence-corrected chi connectivity index (χ3v) is 11.6. The van der Waals surface area contributed by atoms with Gasteiger partial charge in [0.05, 0.1) is 27.8 Å². The average molecular weight is 726 g/mol. The molecule has 1 aliphatic rings. The Morgan fingerprint density at radius 2 is 0.860 bits per heavy atom. The van der Waals surface area contributed by atoms with E-state index in [0.29, 0.717) is 0 Å². The van der Waals surface area contributed by atoms with Crippen molar-refractivity contribution in [2.24, 2.45) is 0 Å². The maximum atomic E-state index is 5.31. The highest BCUT2D eigenvalue weighted by Crippen LogP contribution is 2.56. The maximum Gasteiger partial charge on any atom is 0.0972 e. The molecule has 0 saturated carbocycles. The van der Waals surface area contributed by atoms with Crippen LogP contribution in [0.1, 0.15) is 22.3 Å². The molecule has 0 fully saturated rings. The van der Waals surface area contributed by atoms with E-state index in [-0.39, 0.29) is 0 Å². The summed E-state index contributed by atoms with van der Waals surface area (Å²) in [5.41, 5.74) is 17.4. The van der Waals surface area contributed by atoms with Gasteiger partial charge in [0.15, 0.2) is 0 Å². The highest BCUT2D eigenvalue weighted by Gasteiger charge is 2.46. The molecule has 1 unspecified atom stereocenters. The summed E-state index contributed by atoms with van der Waals surface area (Å²) in [4.78, 5) is 15.2. The van der Waals surface area contributed by atoms with Crippen LogP contribution in [0.15, 0.2) is 213 Å². The second-order valence-corrected chi connectivity index (χ2v) is 14.8. The van der Waals surface area contributed by atoms with Crippen molar-refractivity contribution in [3.05, 3.63) is 235 Å². The van der Waals surface area contributed by atoms with Crippen molar-refractivity contribution in [3.63, 3.8) is 0 Å². The summed E-state index contributed by atoms with van der Waals surface area (Å²) < 4.78 is 0. The van der Waals surface area contributed by atoms with Gasteiger partial charge in [-0.25, -0.2) is 9.97 Å². The summed E-state index contributed by atoms with van der Waals surface area (Å²) in [6.07, 6.45) is 3.88. The van der Waals surface area contributed by atoms with Crippen LogP contribution >= 0.6 is 0 Å². The summed E-state index contributed by atoms with van der Waals surface area (Å²) in [7, 11) is 0. The fourth-order valence-corrected chi connectivity index (χ4v) is 8.96. The maximum absolute atomic E-state index is 5.31. The Kier molecular flexibility index (Phi) is 7.71. The lowest BCUT2D eigenvalue weighted by Crippen LogP contribution is -2.28. The van der Waals surface area contributed by atoms with Gasteiger partial charge >= 0.3 is 0 Å². The highest BCUT2D eigenvalue weighted by molar-refractivity contribution is 6.04. The fraction of sp³-hybridized carbons (Fsp3) is 0.0185. The van der Waals surface area contributed by atoms with Crippen molar-refractivity contribution in [2.45, 2.75) is 5.41 Å². The van der Waals surface area contributed by atoms with Gasteiger partial charge in [0.1, 0.15) is 0 Å². The summed E-state index contributed by atoms with van der Waals surface area (Å²) in [5.74, 6) is 0. The summed E-state index contributed by atoms with van der Waals surface area (Å²) in [6, 6.07) is 71.6. The zero-order chi connectivity index (χ0) is 37.8. The van der Waals surface area contributed by atoms with Crippen LogP contribution in [0, 0.1) is 0 Å². The summed E-state index contributed by atoms with van der Waals surface area (Å²) in [5, 5.41) is 2.14. The van der Waals surface area contributed by atoms with E-state index in [2.05, 4.69) is 193 Å². The van der Waals surface area contributed by atoms with E-state index in [0.717, 1.165) is 61.0 Å². The molecule has 3 aromatic heterocycles. The van der Waals surface area contributed by atoms with Crippen LogP contribution < -0.4 is 0 Å². The molecule has 0 spiro atoms. The molecular weight excluding hydrogens is 691 g/mol. The zero-order valence-electron chi connectivity index (χ0n) is 31.0. The van der Waals surface area contributed by atoms with E-state index >= 15 is 0 Å². The first kappa shape index (κ1) is 32.9. The Morgan fingerprint density at radius 1 is 0.333 bits per heavy atom. The topological polar surface area (TPSA) is 38.7 Å². The van der Waals surface area contributed by atoms with E-state index in [4.69, 9.17) is 9.97 Å². The monoisotopic (exact) mass is 725 g/mol. The first-order chi connectivity index (χ1) is 28.2. The molecule has 10 aromatic rings.